The van der Waals surface area contributed by atoms with E-state index >= 15 is 0 Å². The first-order chi connectivity index (χ1) is 7.76. The standard InChI is InChI=1S/C11H8ClIN2S/c1-2-15-7-14-10-5-8(3-4-16-13)9(12)6-11(10)15/h5-7H,2H2,1H3. The highest BCUT2D eigenvalue weighted by Crippen LogP contribution is 2.23. The Labute approximate surface area is 115 Å². The molecular formula is C11H8ClIN2S. The number of hydrogen-bond donors (Lipinski definition) is 0. The minimum Gasteiger partial charge on any atom is -0.331 e. The lowest BCUT2D eigenvalue weighted by molar-refractivity contribution is 0.787. The van der Waals surface area contributed by atoms with Crippen molar-refractivity contribution in [3.63, 3.8) is 0 Å². The van der Waals surface area contributed by atoms with Crippen LogP contribution in [0.2, 0.25) is 5.02 Å². The number of halogens is 2. The number of aryl methyl sites for hydroxylation is 1. The molecular weight excluding hydrogens is 355 g/mol. The molecule has 0 spiro atoms. The molecule has 0 amide bonds. The SMILES string of the molecule is CCn1cnc2cc(C#CSI)c(Cl)cc21. The minimum absolute atomic E-state index is 0.681. The third kappa shape index (κ3) is 2.31. The van der Waals surface area contributed by atoms with E-state index in [2.05, 4.69) is 48.9 Å². The fraction of sp³-hybridized carbons (Fsp3) is 0.182. The van der Waals surface area contributed by atoms with E-state index in [1.54, 1.807) is 0 Å². The predicted octanol–water partition coefficient (Wildman–Crippen LogP) is 4.10. The molecule has 0 saturated carbocycles. The van der Waals surface area contributed by atoms with Crippen LogP contribution in [0.15, 0.2) is 18.5 Å². The molecule has 2 aromatic rings. The van der Waals surface area contributed by atoms with Gasteiger partial charge in [0.1, 0.15) is 0 Å². The summed E-state index contributed by atoms with van der Waals surface area (Å²) in [4.78, 5) is 4.33. The molecule has 0 fully saturated rings. The van der Waals surface area contributed by atoms with Crippen LogP contribution >= 0.6 is 41.7 Å². The van der Waals surface area contributed by atoms with Crippen LogP contribution in [-0.2, 0) is 6.54 Å². The van der Waals surface area contributed by atoms with E-state index in [-0.39, 0.29) is 0 Å². The van der Waals surface area contributed by atoms with Gasteiger partial charge in [0, 0.05) is 33.3 Å². The zero-order valence-electron chi connectivity index (χ0n) is 8.50. The Morgan fingerprint density at radius 2 is 2.38 bits per heavy atom. The van der Waals surface area contributed by atoms with Crippen LogP contribution < -0.4 is 0 Å². The van der Waals surface area contributed by atoms with Gasteiger partial charge in [-0.25, -0.2) is 4.98 Å². The Morgan fingerprint density at radius 1 is 1.56 bits per heavy atom. The molecule has 2 rings (SSSR count). The lowest BCUT2D eigenvalue weighted by atomic mass is 10.2. The molecule has 0 bridgehead atoms. The van der Waals surface area contributed by atoms with Crippen molar-refractivity contribution in [2.45, 2.75) is 13.5 Å². The summed E-state index contributed by atoms with van der Waals surface area (Å²) < 4.78 is 2.06. The van der Waals surface area contributed by atoms with Crippen LogP contribution in [-0.4, -0.2) is 9.55 Å². The third-order valence-electron chi connectivity index (χ3n) is 2.27. The van der Waals surface area contributed by atoms with Crippen LogP contribution in [0, 0.1) is 11.2 Å². The van der Waals surface area contributed by atoms with Gasteiger partial charge in [-0.05, 0) is 33.2 Å². The van der Waals surface area contributed by atoms with Crippen molar-refractivity contribution in [1.82, 2.24) is 9.55 Å². The number of rotatable bonds is 1. The summed E-state index contributed by atoms with van der Waals surface area (Å²) in [5.41, 5.74) is 2.83. The lowest BCUT2D eigenvalue weighted by Crippen LogP contribution is -1.90. The number of fused-ring (bicyclic) bond motifs is 1. The fourth-order valence-electron chi connectivity index (χ4n) is 1.50. The largest absolute Gasteiger partial charge is 0.331 e. The summed E-state index contributed by atoms with van der Waals surface area (Å²) in [5.74, 6) is 3.01. The lowest BCUT2D eigenvalue weighted by Gasteiger charge is -2.00. The molecule has 16 heavy (non-hydrogen) atoms. The van der Waals surface area contributed by atoms with E-state index in [9.17, 15) is 0 Å². The molecule has 0 aliphatic rings. The van der Waals surface area contributed by atoms with E-state index in [0.717, 1.165) is 23.1 Å². The van der Waals surface area contributed by atoms with Gasteiger partial charge >= 0.3 is 0 Å². The van der Waals surface area contributed by atoms with Gasteiger partial charge < -0.3 is 4.57 Å². The van der Waals surface area contributed by atoms with Crippen LogP contribution in [0.3, 0.4) is 0 Å². The molecule has 0 aliphatic heterocycles. The van der Waals surface area contributed by atoms with Crippen molar-refractivity contribution in [3.8, 4) is 11.2 Å². The fourth-order valence-corrected chi connectivity index (χ4v) is 2.18. The Morgan fingerprint density at radius 3 is 3.06 bits per heavy atom. The Bertz CT molecular complexity index is 583. The predicted molar refractivity (Wildman–Crippen MR) is 78.9 cm³/mol. The topological polar surface area (TPSA) is 17.8 Å². The maximum Gasteiger partial charge on any atom is 0.0958 e. The highest BCUT2D eigenvalue weighted by Gasteiger charge is 2.05. The van der Waals surface area contributed by atoms with Gasteiger partial charge in [0.2, 0.25) is 0 Å². The van der Waals surface area contributed by atoms with E-state index in [0.29, 0.717) is 5.02 Å². The molecule has 0 saturated heterocycles. The van der Waals surface area contributed by atoms with Crippen LogP contribution in [0.25, 0.3) is 11.0 Å². The molecule has 0 atom stereocenters. The second-order valence-corrected chi connectivity index (χ2v) is 5.24. The van der Waals surface area contributed by atoms with Crippen molar-refractivity contribution >= 4 is 52.8 Å². The summed E-state index contributed by atoms with van der Waals surface area (Å²) in [7, 11) is 1.44. The first kappa shape index (κ1) is 12.1. The maximum absolute atomic E-state index is 6.17. The number of aromatic nitrogens is 2. The van der Waals surface area contributed by atoms with E-state index in [1.165, 1.54) is 8.93 Å². The highest BCUT2D eigenvalue weighted by atomic mass is 127. The summed E-state index contributed by atoms with van der Waals surface area (Å²) in [6.07, 6.45) is 1.82. The van der Waals surface area contributed by atoms with Crippen LogP contribution in [0.5, 0.6) is 0 Å². The Balaban J connectivity index is 2.59. The average Bonchev–Trinajstić information content (AvgIpc) is 2.68. The average molecular weight is 363 g/mol. The first-order valence-corrected chi connectivity index (χ1v) is 8.43. The smallest absolute Gasteiger partial charge is 0.0958 e. The monoisotopic (exact) mass is 362 g/mol. The normalized spacial score (nSPS) is 10.2. The van der Waals surface area contributed by atoms with E-state index in [4.69, 9.17) is 11.6 Å². The number of imidazole rings is 1. The van der Waals surface area contributed by atoms with Gasteiger partial charge in [-0.2, -0.15) is 0 Å². The molecule has 0 aliphatic carbocycles. The van der Waals surface area contributed by atoms with Crippen molar-refractivity contribution in [1.29, 1.82) is 0 Å². The maximum atomic E-state index is 6.17. The van der Waals surface area contributed by atoms with Crippen LogP contribution in [0.4, 0.5) is 0 Å². The Hall–Kier alpha value is -0.380. The molecule has 5 heteroatoms. The van der Waals surface area contributed by atoms with Gasteiger partial charge in [-0.1, -0.05) is 17.5 Å². The zero-order chi connectivity index (χ0) is 11.5. The summed E-state index contributed by atoms with van der Waals surface area (Å²) in [5, 5.41) is 3.61. The first-order valence-electron chi connectivity index (χ1n) is 4.69. The van der Waals surface area contributed by atoms with E-state index < -0.39 is 0 Å². The molecule has 2 nitrogen and oxygen atoms in total. The molecule has 1 heterocycles. The Kier molecular flexibility index (Phi) is 4.00. The minimum atomic E-state index is 0.681. The van der Waals surface area contributed by atoms with Crippen LogP contribution in [0.1, 0.15) is 12.5 Å². The number of nitrogens with zero attached hydrogens (tertiary/aromatic N) is 2. The van der Waals surface area contributed by atoms with Crippen molar-refractivity contribution < 1.29 is 0 Å². The molecule has 0 N–H and O–H groups in total. The third-order valence-corrected chi connectivity index (χ3v) is 3.43. The summed E-state index contributed by atoms with van der Waals surface area (Å²) >= 11 is 8.30. The van der Waals surface area contributed by atoms with Gasteiger partial charge in [0.25, 0.3) is 0 Å². The molecule has 0 radical (unpaired) electrons. The second-order valence-electron chi connectivity index (χ2n) is 3.16. The van der Waals surface area contributed by atoms with Gasteiger partial charge in [0.15, 0.2) is 0 Å². The summed E-state index contributed by atoms with van der Waals surface area (Å²) in [6, 6.07) is 3.86. The molecule has 1 aromatic carbocycles. The molecule has 1 aromatic heterocycles. The van der Waals surface area contributed by atoms with Crippen molar-refractivity contribution in [3.05, 3.63) is 29.0 Å². The molecule has 0 unspecified atom stereocenters. The van der Waals surface area contributed by atoms with Gasteiger partial charge in [-0.3, -0.25) is 0 Å². The van der Waals surface area contributed by atoms with Crippen molar-refractivity contribution in [2.24, 2.45) is 0 Å². The second kappa shape index (κ2) is 5.30. The quantitative estimate of drug-likeness (QED) is 0.561. The highest BCUT2D eigenvalue weighted by molar-refractivity contribution is 14.2. The molecule has 82 valence electrons. The van der Waals surface area contributed by atoms with Crippen molar-refractivity contribution in [2.75, 3.05) is 0 Å². The van der Waals surface area contributed by atoms with Gasteiger partial charge in [0.05, 0.1) is 22.4 Å². The number of hydrogen-bond acceptors (Lipinski definition) is 2. The van der Waals surface area contributed by atoms with Gasteiger partial charge in [-0.15, -0.1) is 0 Å². The zero-order valence-corrected chi connectivity index (χ0v) is 12.2. The van der Waals surface area contributed by atoms with E-state index in [1.807, 2.05) is 18.5 Å². The summed E-state index contributed by atoms with van der Waals surface area (Å²) in [6.45, 7) is 2.97. The number of benzene rings is 1.